The zero-order valence-electron chi connectivity index (χ0n) is 21.3. The van der Waals surface area contributed by atoms with Crippen LogP contribution >= 0.6 is 8.25 Å². The van der Waals surface area contributed by atoms with Gasteiger partial charge in [-0.25, -0.2) is 4.79 Å². The van der Waals surface area contributed by atoms with Crippen molar-refractivity contribution in [1.82, 2.24) is 9.55 Å². The number of benzene rings is 2. The van der Waals surface area contributed by atoms with Crippen LogP contribution in [0.25, 0.3) is 0 Å². The van der Waals surface area contributed by atoms with Gasteiger partial charge in [-0.05, 0) is 22.3 Å². The maximum Gasteiger partial charge on any atom is 0.694 e. The fraction of sp³-hybridized carbons (Fsp3) is 0.385. The number of aryl methyl sites for hydroxylation is 1. The van der Waals surface area contributed by atoms with Gasteiger partial charge in [0.15, 0.2) is 0 Å². The molecule has 0 amide bonds. The first kappa shape index (κ1) is 27.3. The summed E-state index contributed by atoms with van der Waals surface area (Å²) in [4.78, 5) is 36.2. The second-order valence-electron chi connectivity index (χ2n) is 10.2. The molecule has 3 aromatic rings. The van der Waals surface area contributed by atoms with Gasteiger partial charge >= 0.3 is 13.9 Å². The summed E-state index contributed by atoms with van der Waals surface area (Å²) in [5.74, 6) is 0. The van der Waals surface area contributed by atoms with Gasteiger partial charge in [0.1, 0.15) is 18.9 Å². The molecule has 0 bridgehead atoms. The van der Waals surface area contributed by atoms with E-state index in [1.807, 2.05) is 36.4 Å². The maximum absolute atomic E-state index is 12.6. The van der Waals surface area contributed by atoms with Crippen molar-refractivity contribution in [1.29, 1.82) is 0 Å². The van der Waals surface area contributed by atoms with Crippen molar-refractivity contribution >= 4 is 26.9 Å². The van der Waals surface area contributed by atoms with Gasteiger partial charge in [-0.15, -0.1) is 9.42 Å². The van der Waals surface area contributed by atoms with E-state index in [1.165, 1.54) is 10.8 Å². The first-order chi connectivity index (χ1) is 17.5. The minimum absolute atomic E-state index is 0.192. The Labute approximate surface area is 217 Å². The smallest absolute Gasteiger partial charge is 0.402 e. The second-order valence-corrected chi connectivity index (χ2v) is 15.2. The molecule has 1 aliphatic heterocycles. The number of rotatable bonds is 8. The van der Waals surface area contributed by atoms with Crippen LogP contribution in [0.4, 0.5) is 0 Å². The van der Waals surface area contributed by atoms with Crippen molar-refractivity contribution in [3.63, 3.8) is 0 Å². The van der Waals surface area contributed by atoms with Crippen LogP contribution in [0.5, 0.6) is 0 Å². The van der Waals surface area contributed by atoms with Crippen molar-refractivity contribution in [3.8, 4) is 0 Å². The summed E-state index contributed by atoms with van der Waals surface area (Å²) in [5.41, 5.74) is -0.693. The molecule has 0 radical (unpaired) electrons. The van der Waals surface area contributed by atoms with E-state index in [2.05, 4.69) is 50.0 Å². The van der Waals surface area contributed by atoms with E-state index in [9.17, 15) is 19.0 Å². The number of aromatic nitrogens is 2. The molecular weight excluding hydrogens is 511 g/mol. The number of nitrogens with zero attached hydrogens (tertiary/aromatic N) is 1. The summed E-state index contributed by atoms with van der Waals surface area (Å²) in [7, 11) is -5.85. The van der Waals surface area contributed by atoms with Gasteiger partial charge < -0.3 is 9.16 Å². The predicted molar refractivity (Wildman–Crippen MR) is 143 cm³/mol. The van der Waals surface area contributed by atoms with Crippen molar-refractivity contribution in [2.45, 2.75) is 57.6 Å². The monoisotopic (exact) mass is 543 g/mol. The molecule has 1 aromatic heterocycles. The van der Waals surface area contributed by atoms with Crippen LogP contribution in [0.15, 0.2) is 76.4 Å². The first-order valence-corrected chi connectivity index (χ1v) is 15.1. The first-order valence-electron chi connectivity index (χ1n) is 12.1. The lowest BCUT2D eigenvalue weighted by Gasteiger charge is -2.45. The van der Waals surface area contributed by atoms with E-state index in [0.29, 0.717) is 5.56 Å². The summed E-state index contributed by atoms with van der Waals surface area (Å²) in [5, 5.41) is 1.83. The minimum Gasteiger partial charge on any atom is -0.402 e. The Bertz CT molecular complexity index is 1320. The molecule has 9 nitrogen and oxygen atoms in total. The molecule has 0 aliphatic carbocycles. The Morgan fingerprint density at radius 3 is 2.16 bits per heavy atom. The van der Waals surface area contributed by atoms with Crippen molar-refractivity contribution in [2.75, 3.05) is 6.61 Å². The van der Waals surface area contributed by atoms with E-state index in [-0.39, 0.29) is 18.1 Å². The SMILES string of the molecule is Cc1cn([C@H]2C[C@H](O[Si](c3ccccc3)(c3ccccc3)C(C)(C)C)[C@@H](CO[P+](=O)O)O2)c(=O)[nH]c1=O. The number of ether oxygens (including phenoxy) is 1. The van der Waals surface area contributed by atoms with Crippen molar-refractivity contribution in [2.24, 2.45) is 0 Å². The standard InChI is InChI=1S/C26H31N2O7PSi/c1-18-16-28(25(30)27-24(18)29)23-15-21(22(34-23)17-33-36(31)32)35-37(26(2,3)4,19-11-7-5-8-12-19)20-13-9-6-10-14-20/h5-14,16,21-23H,15,17H2,1-4H3,(H-,27,29,30,31,32)/p+1/t21-,22+,23+/m0/s1. The number of hydrogen-bond acceptors (Lipinski definition) is 6. The molecule has 0 saturated carbocycles. The lowest BCUT2D eigenvalue weighted by atomic mass is 10.2. The molecule has 2 heterocycles. The van der Waals surface area contributed by atoms with Gasteiger partial charge in [0.2, 0.25) is 0 Å². The normalized spacial score (nSPS) is 20.7. The Hall–Kier alpha value is -2.72. The molecule has 11 heteroatoms. The third kappa shape index (κ3) is 5.60. The summed E-state index contributed by atoms with van der Waals surface area (Å²) >= 11 is 0. The van der Waals surface area contributed by atoms with Crippen molar-refractivity contribution < 1.29 is 23.1 Å². The van der Waals surface area contributed by atoms with Gasteiger partial charge in [0, 0.05) is 22.7 Å². The number of aromatic amines is 1. The molecule has 0 spiro atoms. The number of nitrogens with one attached hydrogen (secondary N) is 1. The van der Waals surface area contributed by atoms with Crippen LogP contribution in [0, 0.1) is 6.92 Å². The summed E-state index contributed by atoms with van der Waals surface area (Å²) in [6.45, 7) is 7.87. The lowest BCUT2D eigenvalue weighted by Crippen LogP contribution is -2.68. The third-order valence-electron chi connectivity index (χ3n) is 6.73. The predicted octanol–water partition coefficient (Wildman–Crippen LogP) is 2.74. The molecule has 37 heavy (non-hydrogen) atoms. The minimum atomic E-state index is -2.99. The average molecular weight is 544 g/mol. The average Bonchev–Trinajstić information content (AvgIpc) is 3.26. The van der Waals surface area contributed by atoms with Gasteiger partial charge in [-0.2, -0.15) is 0 Å². The van der Waals surface area contributed by atoms with Crippen LogP contribution < -0.4 is 21.6 Å². The highest BCUT2D eigenvalue weighted by atomic mass is 31.1. The highest BCUT2D eigenvalue weighted by Crippen LogP contribution is 2.41. The quantitative estimate of drug-likeness (QED) is 0.331. The zero-order chi connectivity index (χ0) is 26.8. The fourth-order valence-electron chi connectivity index (χ4n) is 5.00. The van der Waals surface area contributed by atoms with Crippen LogP contribution in [-0.2, 0) is 18.3 Å². The van der Waals surface area contributed by atoms with Crippen LogP contribution in [0.1, 0.15) is 39.0 Å². The molecule has 2 N–H and O–H groups in total. The van der Waals surface area contributed by atoms with Gasteiger partial charge in [0.25, 0.3) is 13.9 Å². The highest BCUT2D eigenvalue weighted by molar-refractivity contribution is 7.32. The maximum atomic E-state index is 12.6. The molecule has 1 saturated heterocycles. The molecule has 4 rings (SSSR count). The summed E-state index contributed by atoms with van der Waals surface area (Å²) in [6, 6.07) is 20.2. The Morgan fingerprint density at radius 2 is 1.65 bits per heavy atom. The van der Waals surface area contributed by atoms with E-state index in [0.717, 1.165) is 10.4 Å². The largest absolute Gasteiger partial charge is 0.694 e. The third-order valence-corrected chi connectivity index (χ3v) is 12.2. The zero-order valence-corrected chi connectivity index (χ0v) is 23.2. The summed E-state index contributed by atoms with van der Waals surface area (Å²) < 4.78 is 31.2. The Balaban J connectivity index is 1.81. The number of hydrogen-bond donors (Lipinski definition) is 2. The molecule has 2 aromatic carbocycles. The van der Waals surface area contributed by atoms with E-state index in [4.69, 9.17) is 13.7 Å². The van der Waals surface area contributed by atoms with Crippen LogP contribution in [0.3, 0.4) is 0 Å². The van der Waals surface area contributed by atoms with Gasteiger partial charge in [-0.3, -0.25) is 14.3 Å². The van der Waals surface area contributed by atoms with Gasteiger partial charge in [0.05, 0.1) is 6.10 Å². The van der Waals surface area contributed by atoms with E-state index >= 15 is 0 Å². The molecule has 1 unspecified atom stereocenters. The summed E-state index contributed by atoms with van der Waals surface area (Å²) in [6.07, 6.45) is -0.299. The molecule has 1 aliphatic rings. The lowest BCUT2D eigenvalue weighted by molar-refractivity contribution is -0.0388. The molecule has 196 valence electrons. The van der Waals surface area contributed by atoms with Crippen LogP contribution in [0.2, 0.25) is 5.04 Å². The van der Waals surface area contributed by atoms with E-state index < -0.39 is 46.3 Å². The Kier molecular flexibility index (Phi) is 8.08. The molecule has 4 atom stereocenters. The number of H-pyrrole nitrogens is 1. The molecular formula is C26H32N2O7PSi+. The van der Waals surface area contributed by atoms with Crippen LogP contribution in [-0.4, -0.2) is 41.6 Å². The fourth-order valence-corrected chi connectivity index (χ4v) is 9.99. The Morgan fingerprint density at radius 1 is 1.08 bits per heavy atom. The highest BCUT2D eigenvalue weighted by Gasteiger charge is 2.54. The topological polar surface area (TPSA) is 120 Å². The molecule has 1 fully saturated rings. The second kappa shape index (κ2) is 10.9. The van der Waals surface area contributed by atoms with Gasteiger partial charge in [-0.1, -0.05) is 81.4 Å². The van der Waals surface area contributed by atoms with Crippen molar-refractivity contribution in [3.05, 3.63) is 93.3 Å². The van der Waals surface area contributed by atoms with E-state index in [1.54, 1.807) is 6.92 Å².